The van der Waals surface area contributed by atoms with Gasteiger partial charge in [-0.25, -0.2) is 4.39 Å². The average molecular weight is 305 g/mol. The van der Waals surface area contributed by atoms with Gasteiger partial charge in [-0.15, -0.1) is 0 Å². The Hall–Kier alpha value is -1.13. The summed E-state index contributed by atoms with van der Waals surface area (Å²) in [7, 11) is 0. The molecule has 1 aromatic carbocycles. The molecule has 0 aromatic heterocycles. The van der Waals surface area contributed by atoms with E-state index in [2.05, 4.69) is 5.32 Å². The predicted molar refractivity (Wildman–Crippen MR) is 82.5 cm³/mol. The maximum atomic E-state index is 13.4. The summed E-state index contributed by atoms with van der Waals surface area (Å²) < 4.78 is 24.6. The van der Waals surface area contributed by atoms with Crippen molar-refractivity contribution < 1.29 is 13.9 Å². The molecule has 0 radical (unpaired) electrons. The lowest BCUT2D eigenvalue weighted by atomic mass is 9.61. The van der Waals surface area contributed by atoms with Crippen LogP contribution in [0.1, 0.15) is 50.1 Å². The first-order chi connectivity index (χ1) is 10.7. The molecule has 2 heterocycles. The van der Waals surface area contributed by atoms with Crippen LogP contribution in [0.4, 0.5) is 4.39 Å². The third-order valence-electron chi connectivity index (χ3n) is 5.59. The molecule has 1 aromatic rings. The third kappa shape index (κ3) is 2.74. The molecule has 1 N–H and O–H groups in total. The largest absolute Gasteiger partial charge is 0.493 e. The Morgan fingerprint density at radius 1 is 1.14 bits per heavy atom. The van der Waals surface area contributed by atoms with Crippen LogP contribution in [-0.4, -0.2) is 25.9 Å². The molecule has 3 aliphatic rings. The fourth-order valence-electron chi connectivity index (χ4n) is 4.32. The van der Waals surface area contributed by atoms with E-state index < -0.39 is 0 Å². The van der Waals surface area contributed by atoms with Crippen LogP contribution in [0, 0.1) is 11.2 Å². The molecule has 2 fully saturated rings. The number of halogens is 1. The maximum absolute atomic E-state index is 13.4. The van der Waals surface area contributed by atoms with Crippen LogP contribution in [0.5, 0.6) is 5.75 Å². The van der Waals surface area contributed by atoms with Crippen LogP contribution in [0.3, 0.4) is 0 Å². The van der Waals surface area contributed by atoms with Gasteiger partial charge in [0.05, 0.1) is 6.61 Å². The number of nitrogens with one attached hydrogen (secondary N) is 1. The number of hydrogen-bond acceptors (Lipinski definition) is 3. The predicted octanol–water partition coefficient (Wildman–Crippen LogP) is 3.59. The van der Waals surface area contributed by atoms with Crippen molar-refractivity contribution in [3.8, 4) is 5.75 Å². The zero-order valence-corrected chi connectivity index (χ0v) is 12.9. The van der Waals surface area contributed by atoms with E-state index in [1.165, 1.54) is 31.7 Å². The van der Waals surface area contributed by atoms with Gasteiger partial charge in [-0.2, -0.15) is 0 Å². The molecule has 0 amide bonds. The highest BCUT2D eigenvalue weighted by molar-refractivity contribution is 5.37. The number of rotatable bonds is 2. The van der Waals surface area contributed by atoms with Crippen molar-refractivity contribution in [2.24, 2.45) is 5.41 Å². The summed E-state index contributed by atoms with van der Waals surface area (Å²) in [6.07, 6.45) is 7.00. The number of fused-ring (bicyclic) bond motifs is 1. The minimum atomic E-state index is -0.218. The molecule has 4 heteroatoms. The van der Waals surface area contributed by atoms with Gasteiger partial charge >= 0.3 is 0 Å². The van der Waals surface area contributed by atoms with Crippen LogP contribution in [0.15, 0.2) is 18.2 Å². The van der Waals surface area contributed by atoms with Crippen molar-refractivity contribution in [3.63, 3.8) is 0 Å². The highest BCUT2D eigenvalue weighted by Gasteiger charge is 2.45. The fourth-order valence-corrected chi connectivity index (χ4v) is 4.32. The first-order valence-corrected chi connectivity index (χ1v) is 8.50. The summed E-state index contributed by atoms with van der Waals surface area (Å²) in [5.74, 6) is 0.499. The first kappa shape index (κ1) is 14.5. The molecule has 1 unspecified atom stereocenters. The molecule has 1 aliphatic carbocycles. The SMILES string of the molecule is Fc1ccc2c(c1)OCCCC2NC1CC2(CCOCC2)C1. The zero-order chi connectivity index (χ0) is 15.0. The second-order valence-corrected chi connectivity index (χ2v) is 7.11. The van der Waals surface area contributed by atoms with Gasteiger partial charge in [0.25, 0.3) is 0 Å². The van der Waals surface area contributed by atoms with Crippen LogP contribution >= 0.6 is 0 Å². The van der Waals surface area contributed by atoms with Gasteiger partial charge in [0, 0.05) is 36.9 Å². The molecule has 3 nitrogen and oxygen atoms in total. The molecule has 1 spiro atoms. The van der Waals surface area contributed by atoms with Gasteiger partial charge in [-0.3, -0.25) is 0 Å². The Kier molecular flexibility index (Phi) is 3.82. The van der Waals surface area contributed by atoms with E-state index in [0.29, 0.717) is 24.1 Å². The quantitative estimate of drug-likeness (QED) is 0.906. The Bertz CT molecular complexity index is 534. The monoisotopic (exact) mass is 305 g/mol. The van der Waals surface area contributed by atoms with E-state index in [0.717, 1.165) is 37.4 Å². The van der Waals surface area contributed by atoms with Crippen LogP contribution in [0.25, 0.3) is 0 Å². The lowest BCUT2D eigenvalue weighted by molar-refractivity contribution is -0.0473. The summed E-state index contributed by atoms with van der Waals surface area (Å²) in [6, 6.07) is 5.83. The van der Waals surface area contributed by atoms with E-state index in [-0.39, 0.29) is 5.82 Å². The van der Waals surface area contributed by atoms with Crippen LogP contribution < -0.4 is 10.1 Å². The van der Waals surface area contributed by atoms with Gasteiger partial charge < -0.3 is 14.8 Å². The van der Waals surface area contributed by atoms with Crippen molar-refractivity contribution in [1.29, 1.82) is 0 Å². The number of benzene rings is 1. The lowest BCUT2D eigenvalue weighted by Crippen LogP contribution is -2.52. The second kappa shape index (κ2) is 5.82. The minimum Gasteiger partial charge on any atom is -0.493 e. The van der Waals surface area contributed by atoms with Crippen molar-refractivity contribution in [2.45, 2.75) is 50.6 Å². The highest BCUT2D eigenvalue weighted by atomic mass is 19.1. The Labute approximate surface area is 131 Å². The summed E-state index contributed by atoms with van der Waals surface area (Å²) in [5, 5.41) is 3.80. The van der Waals surface area contributed by atoms with Gasteiger partial charge in [0.2, 0.25) is 0 Å². The topological polar surface area (TPSA) is 30.5 Å². The second-order valence-electron chi connectivity index (χ2n) is 7.11. The maximum Gasteiger partial charge on any atom is 0.126 e. The molecule has 1 atom stereocenters. The van der Waals surface area contributed by atoms with E-state index >= 15 is 0 Å². The Morgan fingerprint density at radius 2 is 1.95 bits per heavy atom. The average Bonchev–Trinajstić information content (AvgIpc) is 2.69. The third-order valence-corrected chi connectivity index (χ3v) is 5.59. The van der Waals surface area contributed by atoms with E-state index in [9.17, 15) is 4.39 Å². The zero-order valence-electron chi connectivity index (χ0n) is 12.9. The van der Waals surface area contributed by atoms with Gasteiger partial charge in [-0.1, -0.05) is 6.07 Å². The Balaban J connectivity index is 1.43. The minimum absolute atomic E-state index is 0.218. The molecule has 1 saturated heterocycles. The van der Waals surface area contributed by atoms with Crippen LogP contribution in [0.2, 0.25) is 0 Å². The number of ether oxygens (including phenoxy) is 2. The molecule has 0 bridgehead atoms. The van der Waals surface area contributed by atoms with Gasteiger partial charge in [-0.05, 0) is 50.0 Å². The van der Waals surface area contributed by atoms with Crippen molar-refractivity contribution in [3.05, 3.63) is 29.6 Å². The van der Waals surface area contributed by atoms with Crippen molar-refractivity contribution in [2.75, 3.05) is 19.8 Å². The van der Waals surface area contributed by atoms with Crippen LogP contribution in [-0.2, 0) is 4.74 Å². The van der Waals surface area contributed by atoms with E-state index in [4.69, 9.17) is 9.47 Å². The smallest absolute Gasteiger partial charge is 0.126 e. The molecular weight excluding hydrogens is 281 g/mol. The molecular formula is C18H24FNO2. The van der Waals surface area contributed by atoms with E-state index in [1.54, 1.807) is 6.07 Å². The van der Waals surface area contributed by atoms with E-state index in [1.807, 2.05) is 6.07 Å². The van der Waals surface area contributed by atoms with Gasteiger partial charge in [0.15, 0.2) is 0 Å². The van der Waals surface area contributed by atoms with Crippen molar-refractivity contribution >= 4 is 0 Å². The van der Waals surface area contributed by atoms with Crippen molar-refractivity contribution in [1.82, 2.24) is 5.32 Å². The highest BCUT2D eigenvalue weighted by Crippen LogP contribution is 2.49. The summed E-state index contributed by atoms with van der Waals surface area (Å²) >= 11 is 0. The van der Waals surface area contributed by atoms with Gasteiger partial charge in [0.1, 0.15) is 11.6 Å². The molecule has 4 rings (SSSR count). The summed E-state index contributed by atoms with van der Waals surface area (Å²) in [5.41, 5.74) is 1.65. The summed E-state index contributed by atoms with van der Waals surface area (Å²) in [4.78, 5) is 0. The Morgan fingerprint density at radius 3 is 2.77 bits per heavy atom. The molecule has 120 valence electrons. The first-order valence-electron chi connectivity index (χ1n) is 8.50. The molecule has 2 aliphatic heterocycles. The normalized spacial score (nSPS) is 27.6. The fraction of sp³-hybridized carbons (Fsp3) is 0.667. The lowest BCUT2D eigenvalue weighted by Gasteiger charge is -2.51. The number of hydrogen-bond donors (Lipinski definition) is 1. The summed E-state index contributed by atoms with van der Waals surface area (Å²) in [6.45, 7) is 2.53. The molecule has 22 heavy (non-hydrogen) atoms. The standard InChI is InChI=1S/C18H24FNO2/c19-13-3-4-15-16(2-1-7-22-17(15)10-13)20-14-11-18(12-14)5-8-21-9-6-18/h3-4,10,14,16,20H,1-2,5-9,11-12H2. The molecule has 1 saturated carbocycles.